The molecule has 0 aliphatic heterocycles. The fourth-order valence-corrected chi connectivity index (χ4v) is 3.81. The Bertz CT molecular complexity index is 1870. The summed E-state index contributed by atoms with van der Waals surface area (Å²) in [7, 11) is 1.35. The number of carbonyl (C=O) groups is 1. The number of benzene rings is 3. The van der Waals surface area contributed by atoms with Crippen LogP contribution in [0.4, 0.5) is 17.2 Å². The van der Waals surface area contributed by atoms with E-state index >= 15 is 0 Å². The number of methoxy groups -OCH3 is 1. The third-order valence-electron chi connectivity index (χ3n) is 5.77. The summed E-state index contributed by atoms with van der Waals surface area (Å²) in [6, 6.07) is 16.3. The minimum atomic E-state index is -0.794. The van der Waals surface area contributed by atoms with Crippen molar-refractivity contribution in [1.29, 1.82) is 0 Å². The second kappa shape index (κ2) is 11.8. The number of hydrogen-bond donors (Lipinski definition) is 2. The van der Waals surface area contributed by atoms with Gasteiger partial charge in [0.05, 0.1) is 29.2 Å². The van der Waals surface area contributed by atoms with Crippen molar-refractivity contribution in [2.45, 2.75) is 0 Å². The molecule has 0 unspecified atom stereocenters. The van der Waals surface area contributed by atoms with Crippen LogP contribution >= 0.6 is 0 Å². The normalized spacial score (nSPS) is 10.9. The number of nitrogens with zero attached hydrogens (tertiary/aromatic N) is 8. The predicted octanol–water partition coefficient (Wildman–Crippen LogP) is 3.28. The van der Waals surface area contributed by atoms with E-state index < -0.39 is 27.1 Å². The highest BCUT2D eigenvalue weighted by Gasteiger charge is 2.25. The molecule has 18 heteroatoms. The average Bonchev–Trinajstić information content (AvgIpc) is 3.64. The minimum Gasteiger partial charge on any atom is -0.493 e. The molecule has 0 spiro atoms. The molecule has 0 radical (unpaired) electrons. The maximum Gasteiger partial charge on any atom is 0.318 e. The van der Waals surface area contributed by atoms with E-state index in [9.17, 15) is 25.0 Å². The third-order valence-corrected chi connectivity index (χ3v) is 5.77. The van der Waals surface area contributed by atoms with Gasteiger partial charge in [-0.2, -0.15) is 9.78 Å². The second-order valence-electron chi connectivity index (χ2n) is 8.42. The molecule has 3 N–H and O–H groups in total. The standard InChI is InChI=1S/C25H18N10O8/c1-41-20-11-14(7-9-19(20)42-18-10-8-16(34(37)38)12-17(18)35(39)40)13-27-29-25(36)21-22(15-5-3-2-4-6-15)33(32-28-21)24-23(26)30-43-31-24/h2-13H,1H3,(H2,26,30)(H,29,36). The fraction of sp³-hybridized carbons (Fsp3) is 0.0400. The number of ether oxygens (including phenoxy) is 2. The van der Waals surface area contributed by atoms with E-state index in [1.165, 1.54) is 36.2 Å². The lowest BCUT2D eigenvalue weighted by atomic mass is 10.1. The summed E-state index contributed by atoms with van der Waals surface area (Å²) in [6.45, 7) is 0. The molecule has 0 bridgehead atoms. The van der Waals surface area contributed by atoms with E-state index in [1.54, 1.807) is 30.3 Å². The average molecular weight is 586 g/mol. The highest BCUT2D eigenvalue weighted by Crippen LogP contribution is 2.38. The number of hydrogen-bond acceptors (Lipinski definition) is 14. The zero-order valence-corrected chi connectivity index (χ0v) is 21.8. The Kier molecular flexibility index (Phi) is 7.64. The number of hydrazone groups is 1. The van der Waals surface area contributed by atoms with Crippen molar-refractivity contribution in [1.82, 2.24) is 30.7 Å². The maximum atomic E-state index is 13.1. The summed E-state index contributed by atoms with van der Waals surface area (Å²) in [5.41, 5.74) is 8.34. The topological polar surface area (TPSA) is 242 Å². The maximum absolute atomic E-state index is 13.1. The molecule has 0 saturated heterocycles. The molecule has 0 atom stereocenters. The second-order valence-corrected chi connectivity index (χ2v) is 8.42. The quantitative estimate of drug-likeness (QED) is 0.136. The van der Waals surface area contributed by atoms with Crippen molar-refractivity contribution in [2.24, 2.45) is 5.10 Å². The van der Waals surface area contributed by atoms with Crippen LogP contribution in [0.5, 0.6) is 17.2 Å². The molecule has 216 valence electrons. The molecule has 18 nitrogen and oxygen atoms in total. The number of amides is 1. The summed E-state index contributed by atoms with van der Waals surface area (Å²) in [6.07, 6.45) is 1.31. The van der Waals surface area contributed by atoms with E-state index in [2.05, 4.69) is 35.8 Å². The van der Waals surface area contributed by atoms with Gasteiger partial charge in [0.15, 0.2) is 17.2 Å². The molecule has 5 aromatic rings. The van der Waals surface area contributed by atoms with E-state index in [-0.39, 0.29) is 40.3 Å². The van der Waals surface area contributed by atoms with Crippen molar-refractivity contribution in [3.8, 4) is 34.3 Å². The molecular formula is C25H18N10O8. The van der Waals surface area contributed by atoms with Gasteiger partial charge in [-0.05, 0) is 40.1 Å². The Hall–Kier alpha value is -6.72. The zero-order chi connectivity index (χ0) is 30.5. The molecule has 43 heavy (non-hydrogen) atoms. The molecule has 2 aromatic heterocycles. The van der Waals surface area contributed by atoms with Crippen LogP contribution in [-0.2, 0) is 0 Å². The first-order chi connectivity index (χ1) is 20.8. The van der Waals surface area contributed by atoms with Crippen molar-refractivity contribution in [3.63, 3.8) is 0 Å². The molecule has 2 heterocycles. The summed E-state index contributed by atoms with van der Waals surface area (Å²) >= 11 is 0. The largest absolute Gasteiger partial charge is 0.493 e. The van der Waals surface area contributed by atoms with Crippen molar-refractivity contribution in [2.75, 3.05) is 12.8 Å². The van der Waals surface area contributed by atoms with Gasteiger partial charge >= 0.3 is 5.69 Å². The highest BCUT2D eigenvalue weighted by molar-refractivity contribution is 5.98. The number of nitrogen functional groups attached to an aromatic ring is 1. The number of nitrogens with one attached hydrogen (secondary N) is 1. The van der Waals surface area contributed by atoms with Crippen LogP contribution in [0.15, 0.2) is 76.5 Å². The molecule has 5 rings (SSSR count). The lowest BCUT2D eigenvalue weighted by Gasteiger charge is -2.11. The van der Waals surface area contributed by atoms with Crippen molar-refractivity contribution >= 4 is 29.3 Å². The van der Waals surface area contributed by atoms with Crippen molar-refractivity contribution in [3.05, 3.63) is 98.2 Å². The van der Waals surface area contributed by atoms with Gasteiger partial charge < -0.3 is 15.2 Å². The van der Waals surface area contributed by atoms with Crippen LogP contribution in [0.3, 0.4) is 0 Å². The smallest absolute Gasteiger partial charge is 0.318 e. The Labute approximate surface area is 239 Å². The van der Waals surface area contributed by atoms with Gasteiger partial charge in [-0.25, -0.2) is 10.1 Å². The van der Waals surface area contributed by atoms with E-state index in [1.807, 2.05) is 0 Å². The number of aromatic nitrogens is 5. The van der Waals surface area contributed by atoms with Gasteiger partial charge in [0.2, 0.25) is 17.4 Å². The Morgan fingerprint density at radius 1 is 1.02 bits per heavy atom. The van der Waals surface area contributed by atoms with Gasteiger partial charge in [-0.3, -0.25) is 25.0 Å². The number of carbonyl (C=O) groups excluding carboxylic acids is 1. The van der Waals surface area contributed by atoms with Gasteiger partial charge in [0.25, 0.3) is 11.6 Å². The van der Waals surface area contributed by atoms with Crippen LogP contribution in [-0.4, -0.2) is 54.4 Å². The van der Waals surface area contributed by atoms with E-state index in [0.717, 1.165) is 18.2 Å². The Balaban J connectivity index is 1.36. The summed E-state index contributed by atoms with van der Waals surface area (Å²) in [5, 5.41) is 41.6. The van der Waals surface area contributed by atoms with E-state index in [0.29, 0.717) is 11.1 Å². The zero-order valence-electron chi connectivity index (χ0n) is 21.8. The lowest BCUT2D eigenvalue weighted by molar-refractivity contribution is -0.394. The van der Waals surface area contributed by atoms with E-state index in [4.69, 9.17) is 15.2 Å². The SMILES string of the molecule is COc1cc(C=NNC(=O)c2nnn(-c3nonc3N)c2-c2ccccc2)ccc1Oc1ccc([N+](=O)[O-])cc1[N+](=O)[O-]. The van der Waals surface area contributed by atoms with Gasteiger partial charge in [-0.1, -0.05) is 35.5 Å². The molecule has 0 saturated carbocycles. The van der Waals surface area contributed by atoms with Gasteiger partial charge in [-0.15, -0.1) is 5.10 Å². The highest BCUT2D eigenvalue weighted by atomic mass is 16.6. The first kappa shape index (κ1) is 27.8. The number of nitrogens with two attached hydrogens (primary N) is 1. The molecule has 1 amide bonds. The summed E-state index contributed by atoms with van der Waals surface area (Å²) in [5.74, 6) is -0.691. The lowest BCUT2D eigenvalue weighted by Crippen LogP contribution is -2.19. The number of nitro benzene ring substituents is 2. The third kappa shape index (κ3) is 5.77. The van der Waals surface area contributed by atoms with Crippen LogP contribution in [0.25, 0.3) is 17.1 Å². The Morgan fingerprint density at radius 3 is 2.47 bits per heavy atom. The first-order valence-electron chi connectivity index (χ1n) is 12.0. The van der Waals surface area contributed by atoms with Crippen LogP contribution in [0.2, 0.25) is 0 Å². The molecule has 0 aliphatic carbocycles. The number of rotatable bonds is 10. The van der Waals surface area contributed by atoms with Gasteiger partial charge in [0, 0.05) is 11.6 Å². The molecular weight excluding hydrogens is 568 g/mol. The van der Waals surface area contributed by atoms with Crippen molar-refractivity contribution < 1.29 is 28.7 Å². The number of nitro groups is 2. The molecule has 3 aromatic carbocycles. The fourth-order valence-electron chi connectivity index (χ4n) is 3.81. The summed E-state index contributed by atoms with van der Waals surface area (Å²) < 4.78 is 16.8. The first-order valence-corrected chi connectivity index (χ1v) is 12.0. The number of non-ortho nitro benzene ring substituents is 1. The monoisotopic (exact) mass is 586 g/mol. The van der Waals surface area contributed by atoms with Crippen LogP contribution < -0.4 is 20.6 Å². The van der Waals surface area contributed by atoms with Crippen LogP contribution in [0.1, 0.15) is 16.1 Å². The van der Waals surface area contributed by atoms with Gasteiger partial charge in [0.1, 0.15) is 5.69 Å². The minimum absolute atomic E-state index is 0.0439. The number of anilines is 1. The summed E-state index contributed by atoms with van der Waals surface area (Å²) in [4.78, 5) is 34.0. The molecule has 0 aliphatic rings. The Morgan fingerprint density at radius 2 is 1.79 bits per heavy atom. The molecule has 0 fully saturated rings. The van der Waals surface area contributed by atoms with Crippen LogP contribution in [0, 0.1) is 20.2 Å². The predicted molar refractivity (Wildman–Crippen MR) is 147 cm³/mol.